The van der Waals surface area contributed by atoms with E-state index in [1.807, 2.05) is 0 Å². The van der Waals surface area contributed by atoms with Crippen LogP contribution in [-0.2, 0) is 14.3 Å². The molecule has 0 aliphatic carbocycles. The Morgan fingerprint density at radius 2 is 2.00 bits per heavy atom. The van der Waals surface area contributed by atoms with Crippen LogP contribution in [0.25, 0.3) is 0 Å². The maximum absolute atomic E-state index is 11.8. The lowest BCUT2D eigenvalue weighted by Gasteiger charge is -2.26. The zero-order chi connectivity index (χ0) is 13.3. The van der Waals surface area contributed by atoms with Crippen molar-refractivity contribution in [1.82, 2.24) is 5.32 Å². The maximum atomic E-state index is 11.8. The minimum absolute atomic E-state index is 0.239. The Balaban J connectivity index is 2.91. The molecule has 0 aromatic carbocycles. The molecule has 1 aliphatic heterocycles. The van der Waals surface area contributed by atoms with Crippen molar-refractivity contribution in [1.29, 1.82) is 0 Å². The fourth-order valence-corrected chi connectivity index (χ4v) is 1.29. The molecule has 0 aromatic heterocycles. The Morgan fingerprint density at radius 1 is 1.41 bits per heavy atom. The van der Waals surface area contributed by atoms with Crippen LogP contribution in [0.2, 0.25) is 0 Å². The molecule has 1 aliphatic rings. The van der Waals surface area contributed by atoms with Crippen molar-refractivity contribution in [3.8, 4) is 0 Å². The van der Waals surface area contributed by atoms with Crippen molar-refractivity contribution in [3.63, 3.8) is 0 Å². The van der Waals surface area contributed by atoms with E-state index in [4.69, 9.17) is 9.84 Å². The number of carbonyl (C=O) groups excluding carboxylic acids is 1. The smallest absolute Gasteiger partial charge is 0.338 e. The zero-order valence-electron chi connectivity index (χ0n) is 10.4. The second-order valence-corrected chi connectivity index (χ2v) is 5.09. The monoisotopic (exact) mass is 239 g/mol. The van der Waals surface area contributed by atoms with E-state index < -0.39 is 23.1 Å². The largest absolute Gasteiger partial charge is 0.479 e. The van der Waals surface area contributed by atoms with Gasteiger partial charge in [0.2, 0.25) is 0 Å². The molecule has 0 fully saturated rings. The summed E-state index contributed by atoms with van der Waals surface area (Å²) < 4.78 is 5.17. The number of nitrogens with one attached hydrogen (secondary N) is 1. The van der Waals surface area contributed by atoms with Crippen LogP contribution in [0.3, 0.4) is 0 Å². The van der Waals surface area contributed by atoms with E-state index in [0.717, 1.165) is 0 Å². The molecule has 1 atom stereocenters. The van der Waals surface area contributed by atoms with E-state index in [0.29, 0.717) is 0 Å². The van der Waals surface area contributed by atoms with Crippen LogP contribution in [0.1, 0.15) is 27.7 Å². The number of esters is 1. The van der Waals surface area contributed by atoms with Crippen LogP contribution in [0.4, 0.5) is 0 Å². The molecule has 0 spiro atoms. The first kappa shape index (κ1) is 13.3. The number of hydrogen-bond acceptors (Lipinski definition) is 4. The van der Waals surface area contributed by atoms with Crippen LogP contribution in [-0.4, -0.2) is 28.2 Å². The van der Waals surface area contributed by atoms with Gasteiger partial charge in [0.25, 0.3) is 0 Å². The summed E-state index contributed by atoms with van der Waals surface area (Å²) in [5.74, 6) is -1.58. The second-order valence-electron chi connectivity index (χ2n) is 5.09. The Labute approximate surface area is 100 Å². The molecule has 5 heteroatoms. The number of carbonyl (C=O) groups is 2. The average molecular weight is 239 g/mol. The molecule has 94 valence electrons. The standard InChI is InChI=1S/C12H17NO4/c1-11(2,3)17-9(14)8-5-6-13-12(4,7-8)10(15)16/h5-7,13H,1-4H3,(H,15,16). The third-order valence-electron chi connectivity index (χ3n) is 2.17. The minimum atomic E-state index is -1.28. The topological polar surface area (TPSA) is 75.6 Å². The number of carboxylic acids is 1. The van der Waals surface area contributed by atoms with Crippen LogP contribution in [0, 0.1) is 0 Å². The van der Waals surface area contributed by atoms with Gasteiger partial charge in [-0.15, -0.1) is 0 Å². The van der Waals surface area contributed by atoms with Gasteiger partial charge in [0.15, 0.2) is 5.54 Å². The number of ether oxygens (including phenoxy) is 1. The minimum Gasteiger partial charge on any atom is -0.479 e. The third kappa shape index (κ3) is 3.34. The van der Waals surface area contributed by atoms with E-state index in [1.165, 1.54) is 25.3 Å². The molecule has 1 unspecified atom stereocenters. The Morgan fingerprint density at radius 3 is 2.47 bits per heavy atom. The summed E-state index contributed by atoms with van der Waals surface area (Å²) in [5.41, 5.74) is -1.64. The van der Waals surface area contributed by atoms with Crippen molar-refractivity contribution in [2.45, 2.75) is 38.8 Å². The molecule has 0 saturated heterocycles. The fraction of sp³-hybridized carbons (Fsp3) is 0.500. The molecule has 2 N–H and O–H groups in total. The van der Waals surface area contributed by atoms with Gasteiger partial charge in [-0.25, -0.2) is 9.59 Å². The Bertz CT molecular complexity index is 403. The van der Waals surface area contributed by atoms with Crippen molar-refractivity contribution in [2.75, 3.05) is 0 Å². The van der Waals surface area contributed by atoms with Crippen molar-refractivity contribution >= 4 is 11.9 Å². The summed E-state index contributed by atoms with van der Waals surface area (Å²) in [5, 5.41) is 11.7. The van der Waals surface area contributed by atoms with Crippen molar-refractivity contribution in [2.24, 2.45) is 0 Å². The van der Waals surface area contributed by atoms with Gasteiger partial charge in [0.1, 0.15) is 5.60 Å². The van der Waals surface area contributed by atoms with Crippen LogP contribution in [0.15, 0.2) is 23.9 Å². The first-order valence-electron chi connectivity index (χ1n) is 5.28. The quantitative estimate of drug-likeness (QED) is 0.708. The lowest BCUT2D eigenvalue weighted by atomic mass is 9.96. The summed E-state index contributed by atoms with van der Waals surface area (Å²) in [7, 11) is 0. The molecule has 5 nitrogen and oxygen atoms in total. The highest BCUT2D eigenvalue weighted by molar-refractivity contribution is 5.95. The van der Waals surface area contributed by atoms with Crippen LogP contribution in [0.5, 0.6) is 0 Å². The predicted molar refractivity (Wildman–Crippen MR) is 62.2 cm³/mol. The van der Waals surface area contributed by atoms with Gasteiger partial charge in [-0.1, -0.05) is 0 Å². The summed E-state index contributed by atoms with van der Waals surface area (Å²) in [6.45, 7) is 6.75. The Kier molecular flexibility index (Phi) is 3.31. The molecule has 1 rings (SSSR count). The van der Waals surface area contributed by atoms with E-state index in [-0.39, 0.29) is 5.57 Å². The first-order chi connectivity index (χ1) is 7.64. The van der Waals surface area contributed by atoms with Gasteiger partial charge in [-0.2, -0.15) is 0 Å². The lowest BCUT2D eigenvalue weighted by molar-refractivity contribution is -0.149. The zero-order valence-corrected chi connectivity index (χ0v) is 10.4. The summed E-state index contributed by atoms with van der Waals surface area (Å²) in [6, 6.07) is 0. The van der Waals surface area contributed by atoms with Gasteiger partial charge in [0.05, 0.1) is 5.57 Å². The van der Waals surface area contributed by atoms with E-state index in [9.17, 15) is 9.59 Å². The van der Waals surface area contributed by atoms with Gasteiger partial charge in [0, 0.05) is 0 Å². The van der Waals surface area contributed by atoms with Gasteiger partial charge in [-0.05, 0) is 46.0 Å². The highest BCUT2D eigenvalue weighted by Crippen LogP contribution is 2.19. The summed E-state index contributed by atoms with van der Waals surface area (Å²) in [4.78, 5) is 22.8. The number of rotatable bonds is 2. The molecule has 0 saturated carbocycles. The SMILES string of the molecule is CC(C)(C)OC(=O)C1=CC(C)(C(=O)O)NC=C1. The second kappa shape index (κ2) is 4.24. The molecular formula is C12H17NO4. The molecule has 17 heavy (non-hydrogen) atoms. The Hall–Kier alpha value is -1.78. The fourth-order valence-electron chi connectivity index (χ4n) is 1.29. The molecular weight excluding hydrogens is 222 g/mol. The lowest BCUT2D eigenvalue weighted by Crippen LogP contribution is -2.47. The van der Waals surface area contributed by atoms with E-state index in [1.54, 1.807) is 20.8 Å². The number of hydrogen-bond donors (Lipinski definition) is 2. The molecule has 0 radical (unpaired) electrons. The van der Waals surface area contributed by atoms with E-state index in [2.05, 4.69) is 5.32 Å². The number of aliphatic carboxylic acids is 1. The van der Waals surface area contributed by atoms with Gasteiger partial charge >= 0.3 is 11.9 Å². The molecule has 0 bridgehead atoms. The van der Waals surface area contributed by atoms with Gasteiger partial charge in [-0.3, -0.25) is 0 Å². The van der Waals surface area contributed by atoms with E-state index >= 15 is 0 Å². The molecule has 0 aromatic rings. The average Bonchev–Trinajstić information content (AvgIpc) is 2.15. The number of carboxylic acid groups (broad SMARTS) is 1. The third-order valence-corrected chi connectivity index (χ3v) is 2.17. The van der Waals surface area contributed by atoms with Crippen molar-refractivity contribution in [3.05, 3.63) is 23.9 Å². The van der Waals surface area contributed by atoms with Gasteiger partial charge < -0.3 is 15.2 Å². The van der Waals surface area contributed by atoms with Crippen LogP contribution >= 0.6 is 0 Å². The predicted octanol–water partition coefficient (Wildman–Crippen LogP) is 1.21. The molecule has 0 amide bonds. The first-order valence-corrected chi connectivity index (χ1v) is 5.28. The molecule has 1 heterocycles. The number of dihydropyridines is 1. The highest BCUT2D eigenvalue weighted by Gasteiger charge is 2.33. The highest BCUT2D eigenvalue weighted by atomic mass is 16.6. The maximum Gasteiger partial charge on any atom is 0.338 e. The summed E-state index contributed by atoms with van der Waals surface area (Å²) >= 11 is 0. The van der Waals surface area contributed by atoms with Crippen molar-refractivity contribution < 1.29 is 19.4 Å². The van der Waals surface area contributed by atoms with Crippen LogP contribution < -0.4 is 5.32 Å². The normalized spacial score (nSPS) is 23.6. The summed E-state index contributed by atoms with van der Waals surface area (Å²) in [6.07, 6.45) is 4.29.